The Morgan fingerprint density at radius 2 is 2.33 bits per heavy atom. The Labute approximate surface area is 125 Å². The summed E-state index contributed by atoms with van der Waals surface area (Å²) in [5.74, 6) is -0.258. The first kappa shape index (κ1) is 13.6. The second-order valence-electron chi connectivity index (χ2n) is 4.77. The van der Waals surface area contributed by atoms with Crippen molar-refractivity contribution in [2.24, 2.45) is 0 Å². The molecule has 0 fully saturated rings. The number of rotatable bonds is 3. The molecule has 1 aliphatic heterocycles. The minimum Gasteiger partial charge on any atom is -0.325 e. The lowest BCUT2D eigenvalue weighted by Gasteiger charge is -2.11. The third-order valence-electron chi connectivity index (χ3n) is 3.18. The average molecular weight is 306 g/mol. The molecule has 0 saturated heterocycles. The standard InChI is InChI=1S/C13H12ClN5O2/c1-7-2-3-9(8(14)4-7)17-11(20)5-10-12(21)18-13-15-6-16-19(10)13/h2-4,6,10H,5H2,1H3,(H,17,20)(H,15,16,18,21)/t10-/m1/s1. The number of amides is 2. The molecule has 0 spiro atoms. The smallest absolute Gasteiger partial charge is 0.252 e. The number of carbonyl (C=O) groups excluding carboxylic acids is 2. The van der Waals surface area contributed by atoms with E-state index < -0.39 is 6.04 Å². The van der Waals surface area contributed by atoms with Crippen LogP contribution in [0.3, 0.4) is 0 Å². The molecule has 1 atom stereocenters. The lowest BCUT2D eigenvalue weighted by atomic mass is 10.2. The van der Waals surface area contributed by atoms with E-state index in [0.717, 1.165) is 5.56 Å². The van der Waals surface area contributed by atoms with Crippen molar-refractivity contribution in [3.05, 3.63) is 35.1 Å². The summed E-state index contributed by atoms with van der Waals surface area (Å²) < 4.78 is 1.40. The number of anilines is 2. The number of hydrogen-bond acceptors (Lipinski definition) is 4. The minimum atomic E-state index is -0.688. The third kappa shape index (κ3) is 2.59. The number of aromatic nitrogens is 3. The number of halogens is 1. The number of benzene rings is 1. The van der Waals surface area contributed by atoms with Gasteiger partial charge in [-0.25, -0.2) is 4.68 Å². The predicted octanol–water partition coefficient (Wildman–Crippen LogP) is 1.76. The van der Waals surface area contributed by atoms with Gasteiger partial charge in [0.15, 0.2) is 0 Å². The van der Waals surface area contributed by atoms with Crippen LogP contribution in [0.5, 0.6) is 0 Å². The van der Waals surface area contributed by atoms with Gasteiger partial charge in [-0.1, -0.05) is 17.7 Å². The lowest BCUT2D eigenvalue weighted by molar-refractivity contribution is -0.123. The molecule has 2 N–H and O–H groups in total. The van der Waals surface area contributed by atoms with Crippen LogP contribution in [-0.2, 0) is 9.59 Å². The van der Waals surface area contributed by atoms with E-state index in [1.807, 2.05) is 13.0 Å². The van der Waals surface area contributed by atoms with E-state index >= 15 is 0 Å². The zero-order valence-corrected chi connectivity index (χ0v) is 11.9. The van der Waals surface area contributed by atoms with Crippen molar-refractivity contribution in [3.8, 4) is 0 Å². The van der Waals surface area contributed by atoms with Gasteiger partial charge in [0.05, 0.1) is 17.1 Å². The molecule has 2 amide bonds. The summed E-state index contributed by atoms with van der Waals surface area (Å²) in [6, 6.07) is 4.64. The van der Waals surface area contributed by atoms with E-state index in [0.29, 0.717) is 16.7 Å². The van der Waals surface area contributed by atoms with Gasteiger partial charge in [0.1, 0.15) is 12.4 Å². The van der Waals surface area contributed by atoms with Crippen LogP contribution in [0.4, 0.5) is 11.6 Å². The molecule has 0 saturated carbocycles. The van der Waals surface area contributed by atoms with Crippen LogP contribution < -0.4 is 10.6 Å². The maximum absolute atomic E-state index is 12.1. The van der Waals surface area contributed by atoms with Crippen LogP contribution in [0, 0.1) is 6.92 Å². The van der Waals surface area contributed by atoms with Crippen molar-refractivity contribution in [2.75, 3.05) is 10.6 Å². The van der Waals surface area contributed by atoms with Crippen LogP contribution in [-0.4, -0.2) is 26.6 Å². The average Bonchev–Trinajstić information content (AvgIpc) is 2.96. The first-order valence-electron chi connectivity index (χ1n) is 6.31. The highest BCUT2D eigenvalue weighted by molar-refractivity contribution is 6.33. The zero-order valence-electron chi connectivity index (χ0n) is 11.1. The number of carbonyl (C=O) groups is 2. The first-order chi connectivity index (χ1) is 10.0. The Hall–Kier alpha value is -2.41. The van der Waals surface area contributed by atoms with Crippen LogP contribution in [0.15, 0.2) is 24.5 Å². The van der Waals surface area contributed by atoms with E-state index in [-0.39, 0.29) is 18.2 Å². The molecule has 8 heteroatoms. The highest BCUT2D eigenvalue weighted by Gasteiger charge is 2.33. The Bertz CT molecular complexity index is 727. The van der Waals surface area contributed by atoms with Crippen molar-refractivity contribution in [2.45, 2.75) is 19.4 Å². The van der Waals surface area contributed by atoms with Crippen molar-refractivity contribution >= 4 is 35.1 Å². The topological polar surface area (TPSA) is 88.9 Å². The van der Waals surface area contributed by atoms with Gasteiger partial charge in [0.25, 0.3) is 5.91 Å². The predicted molar refractivity (Wildman–Crippen MR) is 77.1 cm³/mol. The van der Waals surface area contributed by atoms with Gasteiger partial charge in [-0.2, -0.15) is 10.1 Å². The largest absolute Gasteiger partial charge is 0.325 e. The molecule has 1 aliphatic rings. The quantitative estimate of drug-likeness (QED) is 0.904. The van der Waals surface area contributed by atoms with Crippen molar-refractivity contribution in [1.29, 1.82) is 0 Å². The zero-order chi connectivity index (χ0) is 15.0. The van der Waals surface area contributed by atoms with Crippen molar-refractivity contribution < 1.29 is 9.59 Å². The van der Waals surface area contributed by atoms with Gasteiger partial charge >= 0.3 is 0 Å². The molecule has 0 bridgehead atoms. The van der Waals surface area contributed by atoms with E-state index in [1.54, 1.807) is 12.1 Å². The van der Waals surface area contributed by atoms with Crippen LogP contribution in [0.1, 0.15) is 18.0 Å². The Kier molecular flexibility index (Phi) is 3.34. The SMILES string of the molecule is Cc1ccc(NC(=O)C[C@@H]2C(=O)Nc3ncnn32)c(Cl)c1. The second-order valence-corrected chi connectivity index (χ2v) is 5.18. The van der Waals surface area contributed by atoms with Gasteiger partial charge in [0.2, 0.25) is 11.9 Å². The third-order valence-corrected chi connectivity index (χ3v) is 3.50. The molecule has 3 rings (SSSR count). The van der Waals surface area contributed by atoms with Crippen LogP contribution in [0.25, 0.3) is 0 Å². The van der Waals surface area contributed by atoms with Crippen LogP contribution in [0.2, 0.25) is 5.02 Å². The van der Waals surface area contributed by atoms with Gasteiger partial charge in [-0.05, 0) is 24.6 Å². The Morgan fingerprint density at radius 3 is 3.10 bits per heavy atom. The summed E-state index contributed by atoms with van der Waals surface area (Å²) in [6.07, 6.45) is 1.29. The maximum Gasteiger partial charge on any atom is 0.252 e. The minimum absolute atomic E-state index is 0.0353. The second kappa shape index (κ2) is 5.17. The fourth-order valence-electron chi connectivity index (χ4n) is 2.15. The van der Waals surface area contributed by atoms with Gasteiger partial charge < -0.3 is 5.32 Å². The maximum atomic E-state index is 12.1. The Balaban J connectivity index is 1.71. The molecular formula is C13H12ClN5O2. The summed E-state index contributed by atoms with van der Waals surface area (Å²) in [6.45, 7) is 1.91. The van der Waals surface area contributed by atoms with E-state index in [9.17, 15) is 9.59 Å². The normalized spacial score (nSPS) is 16.5. The molecule has 2 aromatic rings. The number of nitrogens with one attached hydrogen (secondary N) is 2. The number of hydrogen-bond donors (Lipinski definition) is 2. The number of aryl methyl sites for hydroxylation is 1. The molecular weight excluding hydrogens is 294 g/mol. The van der Waals surface area contributed by atoms with E-state index in [4.69, 9.17) is 11.6 Å². The summed E-state index contributed by atoms with van der Waals surface area (Å²) in [7, 11) is 0. The highest BCUT2D eigenvalue weighted by atomic mass is 35.5. The fraction of sp³-hybridized carbons (Fsp3) is 0.231. The molecule has 2 heterocycles. The van der Waals surface area contributed by atoms with E-state index in [1.165, 1.54) is 11.0 Å². The summed E-state index contributed by atoms with van der Waals surface area (Å²) in [5, 5.41) is 9.65. The van der Waals surface area contributed by atoms with Crippen molar-refractivity contribution in [1.82, 2.24) is 14.8 Å². The first-order valence-corrected chi connectivity index (χ1v) is 6.69. The number of fused-ring (bicyclic) bond motifs is 1. The monoisotopic (exact) mass is 305 g/mol. The molecule has 0 aliphatic carbocycles. The van der Waals surface area contributed by atoms with Gasteiger partial charge in [-0.3, -0.25) is 14.9 Å². The summed E-state index contributed by atoms with van der Waals surface area (Å²) >= 11 is 6.06. The fourth-order valence-corrected chi connectivity index (χ4v) is 2.43. The highest BCUT2D eigenvalue weighted by Crippen LogP contribution is 2.26. The molecule has 108 valence electrons. The molecule has 7 nitrogen and oxygen atoms in total. The molecule has 1 aromatic carbocycles. The van der Waals surface area contributed by atoms with Gasteiger partial charge in [-0.15, -0.1) is 0 Å². The van der Waals surface area contributed by atoms with Gasteiger partial charge in [0, 0.05) is 0 Å². The summed E-state index contributed by atoms with van der Waals surface area (Å²) in [4.78, 5) is 27.7. The molecule has 21 heavy (non-hydrogen) atoms. The molecule has 0 radical (unpaired) electrons. The molecule has 1 aromatic heterocycles. The Morgan fingerprint density at radius 1 is 1.52 bits per heavy atom. The van der Waals surface area contributed by atoms with Crippen LogP contribution >= 0.6 is 11.6 Å². The molecule has 0 unspecified atom stereocenters. The van der Waals surface area contributed by atoms with E-state index in [2.05, 4.69) is 20.7 Å². The van der Waals surface area contributed by atoms with Crippen molar-refractivity contribution in [3.63, 3.8) is 0 Å². The lowest BCUT2D eigenvalue weighted by Crippen LogP contribution is -2.23. The number of nitrogens with zero attached hydrogens (tertiary/aromatic N) is 3. The summed E-state index contributed by atoms with van der Waals surface area (Å²) in [5.41, 5.74) is 1.52.